The summed E-state index contributed by atoms with van der Waals surface area (Å²) in [5, 5.41) is 2.90. The predicted octanol–water partition coefficient (Wildman–Crippen LogP) is 1.45. The average Bonchev–Trinajstić information content (AvgIpc) is 2.33. The number of likely N-dealkylation sites (N-methyl/N-ethyl adjacent to an activating group) is 1. The minimum absolute atomic E-state index is 0.212. The lowest BCUT2D eigenvalue weighted by molar-refractivity contribution is -0.124. The molecule has 18 heavy (non-hydrogen) atoms. The molecule has 1 aromatic carbocycles. The first kappa shape index (κ1) is 14.5. The van der Waals surface area contributed by atoms with Crippen molar-refractivity contribution in [3.8, 4) is 5.75 Å². The van der Waals surface area contributed by atoms with Crippen LogP contribution >= 0.6 is 0 Å². The van der Waals surface area contributed by atoms with Gasteiger partial charge in [0.2, 0.25) is 5.91 Å². The van der Waals surface area contributed by atoms with Crippen LogP contribution in [0.1, 0.15) is 23.6 Å². The van der Waals surface area contributed by atoms with E-state index in [1.165, 1.54) is 5.56 Å². The van der Waals surface area contributed by atoms with Gasteiger partial charge in [0, 0.05) is 0 Å². The lowest BCUT2D eigenvalue weighted by atomic mass is 10.0. The van der Waals surface area contributed by atoms with Crippen LogP contribution in [0.15, 0.2) is 12.1 Å². The number of carbonyl (C=O) groups is 1. The predicted molar refractivity (Wildman–Crippen MR) is 72.8 cm³/mol. The Hall–Kier alpha value is -1.55. The van der Waals surface area contributed by atoms with Crippen molar-refractivity contribution in [3.05, 3.63) is 28.8 Å². The highest BCUT2D eigenvalue weighted by atomic mass is 16.5. The molecule has 100 valence electrons. The van der Waals surface area contributed by atoms with Crippen LogP contribution in [0.3, 0.4) is 0 Å². The van der Waals surface area contributed by atoms with E-state index in [1.54, 1.807) is 14.0 Å². The molecule has 4 nitrogen and oxygen atoms in total. The number of carbonyl (C=O) groups excluding carboxylic acids is 1. The van der Waals surface area contributed by atoms with Gasteiger partial charge in [-0.1, -0.05) is 12.1 Å². The summed E-state index contributed by atoms with van der Waals surface area (Å²) in [4.78, 5) is 11.4. The smallest absolute Gasteiger partial charge is 0.240 e. The number of hydrogen-bond donors (Lipinski definition) is 2. The highest BCUT2D eigenvalue weighted by molar-refractivity contribution is 5.84. The van der Waals surface area contributed by atoms with E-state index in [1.807, 2.05) is 26.8 Å². The molecule has 0 aliphatic heterocycles. The summed E-state index contributed by atoms with van der Waals surface area (Å²) in [6.07, 6.45) is 0. The van der Waals surface area contributed by atoms with E-state index in [2.05, 4.69) is 11.4 Å². The molecule has 1 unspecified atom stereocenters. The van der Waals surface area contributed by atoms with Crippen LogP contribution < -0.4 is 15.8 Å². The first-order chi connectivity index (χ1) is 8.31. The largest absolute Gasteiger partial charge is 0.491 e. The van der Waals surface area contributed by atoms with Crippen molar-refractivity contribution < 1.29 is 9.53 Å². The van der Waals surface area contributed by atoms with Crippen molar-refractivity contribution in [1.29, 1.82) is 0 Å². The Balaban J connectivity index is 2.93. The van der Waals surface area contributed by atoms with Gasteiger partial charge < -0.3 is 15.8 Å². The summed E-state index contributed by atoms with van der Waals surface area (Å²) >= 11 is 0. The molecule has 1 atom stereocenters. The van der Waals surface area contributed by atoms with Crippen LogP contribution in [0.2, 0.25) is 0 Å². The zero-order chi connectivity index (χ0) is 13.9. The van der Waals surface area contributed by atoms with Gasteiger partial charge in [0.05, 0.1) is 0 Å². The number of nitrogens with one attached hydrogen (secondary N) is 1. The first-order valence-electron chi connectivity index (χ1n) is 6.00. The Bertz CT molecular complexity index is 457. The Morgan fingerprint density at radius 2 is 1.89 bits per heavy atom. The highest BCUT2D eigenvalue weighted by Crippen LogP contribution is 2.26. The summed E-state index contributed by atoms with van der Waals surface area (Å²) in [5.74, 6) is 0.408. The summed E-state index contributed by atoms with van der Waals surface area (Å²) in [6, 6.07) is 4.07. The van der Waals surface area contributed by atoms with Crippen LogP contribution in [0, 0.1) is 20.8 Å². The van der Waals surface area contributed by atoms with Crippen LogP contribution in [-0.4, -0.2) is 25.1 Å². The maximum atomic E-state index is 11.4. The van der Waals surface area contributed by atoms with Crippen LogP contribution in [0.25, 0.3) is 0 Å². The second-order valence-electron chi connectivity index (χ2n) is 4.89. The molecule has 1 rings (SSSR count). The summed E-state index contributed by atoms with van der Waals surface area (Å²) in [7, 11) is 1.70. The zero-order valence-corrected chi connectivity index (χ0v) is 11.8. The highest BCUT2D eigenvalue weighted by Gasteiger charge is 2.30. The summed E-state index contributed by atoms with van der Waals surface area (Å²) < 4.78 is 5.80. The van der Waals surface area contributed by atoms with Gasteiger partial charge in [-0.3, -0.25) is 4.79 Å². The maximum absolute atomic E-state index is 11.4. The molecule has 0 aliphatic rings. The third kappa shape index (κ3) is 2.82. The van der Waals surface area contributed by atoms with E-state index in [-0.39, 0.29) is 6.61 Å². The van der Waals surface area contributed by atoms with E-state index in [4.69, 9.17) is 10.5 Å². The van der Waals surface area contributed by atoms with E-state index in [9.17, 15) is 4.79 Å². The number of benzene rings is 1. The van der Waals surface area contributed by atoms with Gasteiger partial charge in [-0.05, 0) is 51.4 Å². The number of aryl methyl sites for hydroxylation is 2. The van der Waals surface area contributed by atoms with Gasteiger partial charge in [-0.25, -0.2) is 0 Å². The van der Waals surface area contributed by atoms with E-state index in [0.29, 0.717) is 0 Å². The number of ether oxygens (including phenoxy) is 1. The Morgan fingerprint density at radius 1 is 1.33 bits per heavy atom. The van der Waals surface area contributed by atoms with Crippen molar-refractivity contribution >= 4 is 5.91 Å². The van der Waals surface area contributed by atoms with Gasteiger partial charge in [0.25, 0.3) is 0 Å². The van der Waals surface area contributed by atoms with Crippen LogP contribution in [0.5, 0.6) is 5.75 Å². The molecule has 0 aliphatic carbocycles. The monoisotopic (exact) mass is 250 g/mol. The molecule has 0 bridgehead atoms. The van der Waals surface area contributed by atoms with Crippen molar-refractivity contribution in [2.24, 2.45) is 5.73 Å². The molecule has 1 aromatic rings. The molecule has 0 aromatic heterocycles. The van der Waals surface area contributed by atoms with Crippen molar-refractivity contribution in [1.82, 2.24) is 5.32 Å². The molecule has 0 radical (unpaired) electrons. The minimum atomic E-state index is -0.859. The third-order valence-electron chi connectivity index (χ3n) is 3.47. The number of amides is 1. The standard InChI is InChI=1S/C14H22N2O2/c1-9-6-7-10(2)12(11(9)3)18-8-14(4,16-5)13(15)17/h6-7,16H,8H2,1-5H3,(H2,15,17). The average molecular weight is 250 g/mol. The fraction of sp³-hybridized carbons (Fsp3) is 0.500. The lowest BCUT2D eigenvalue weighted by Crippen LogP contribution is -2.55. The molecule has 0 fully saturated rings. The second-order valence-corrected chi connectivity index (χ2v) is 4.89. The Labute approximate surface area is 109 Å². The van der Waals surface area contributed by atoms with E-state index >= 15 is 0 Å². The molecule has 4 heteroatoms. The molecule has 0 heterocycles. The molecular weight excluding hydrogens is 228 g/mol. The normalized spacial score (nSPS) is 14.1. The van der Waals surface area contributed by atoms with Gasteiger partial charge in [-0.2, -0.15) is 0 Å². The van der Waals surface area contributed by atoms with Gasteiger partial charge >= 0.3 is 0 Å². The second kappa shape index (κ2) is 5.40. The Kier molecular flexibility index (Phi) is 4.35. The molecule has 0 spiro atoms. The van der Waals surface area contributed by atoms with Crippen molar-refractivity contribution in [3.63, 3.8) is 0 Å². The number of hydrogen-bond acceptors (Lipinski definition) is 3. The molecule has 0 saturated heterocycles. The number of primary amides is 1. The number of rotatable bonds is 5. The van der Waals surface area contributed by atoms with Gasteiger partial charge in [0.15, 0.2) is 0 Å². The van der Waals surface area contributed by atoms with Crippen LogP contribution in [-0.2, 0) is 4.79 Å². The molecule has 3 N–H and O–H groups in total. The quantitative estimate of drug-likeness (QED) is 0.831. The molecule has 1 amide bonds. The molecular formula is C14H22N2O2. The third-order valence-corrected chi connectivity index (χ3v) is 3.47. The van der Waals surface area contributed by atoms with E-state index in [0.717, 1.165) is 16.9 Å². The van der Waals surface area contributed by atoms with Gasteiger partial charge in [0.1, 0.15) is 17.9 Å². The summed E-state index contributed by atoms with van der Waals surface area (Å²) in [5.41, 5.74) is 7.83. The van der Waals surface area contributed by atoms with Gasteiger partial charge in [-0.15, -0.1) is 0 Å². The fourth-order valence-corrected chi connectivity index (χ4v) is 1.63. The van der Waals surface area contributed by atoms with Crippen molar-refractivity contribution in [2.75, 3.05) is 13.7 Å². The topological polar surface area (TPSA) is 64.3 Å². The van der Waals surface area contributed by atoms with E-state index < -0.39 is 11.4 Å². The molecule has 0 saturated carbocycles. The minimum Gasteiger partial charge on any atom is -0.491 e. The van der Waals surface area contributed by atoms with Crippen LogP contribution in [0.4, 0.5) is 0 Å². The summed E-state index contributed by atoms with van der Waals surface area (Å²) in [6.45, 7) is 7.98. The lowest BCUT2D eigenvalue weighted by Gasteiger charge is -2.26. The first-order valence-corrected chi connectivity index (χ1v) is 6.00. The Morgan fingerprint density at radius 3 is 2.39 bits per heavy atom. The zero-order valence-electron chi connectivity index (χ0n) is 11.8. The number of nitrogens with two attached hydrogens (primary N) is 1. The van der Waals surface area contributed by atoms with Crippen molar-refractivity contribution in [2.45, 2.75) is 33.2 Å². The fourth-order valence-electron chi connectivity index (χ4n) is 1.63. The maximum Gasteiger partial charge on any atom is 0.240 e. The SMILES string of the molecule is CNC(C)(COc1c(C)ccc(C)c1C)C(N)=O.